The van der Waals surface area contributed by atoms with E-state index in [2.05, 4.69) is 10.3 Å². The van der Waals surface area contributed by atoms with Gasteiger partial charge in [-0.25, -0.2) is 4.98 Å². The van der Waals surface area contributed by atoms with Gasteiger partial charge in [-0.05, 0) is 17.2 Å². The summed E-state index contributed by atoms with van der Waals surface area (Å²) in [5, 5.41) is 2.83. The molecule has 3 aromatic rings. The average Bonchev–Trinajstić information content (AvgIpc) is 3.09. The largest absolute Gasteiger partial charge is 0.350 e. The van der Waals surface area contributed by atoms with E-state index in [1.165, 1.54) is 16.2 Å². The highest BCUT2D eigenvalue weighted by molar-refractivity contribution is 5.75. The molecule has 0 aliphatic rings. The lowest BCUT2D eigenvalue weighted by atomic mass is 10.1. The van der Waals surface area contributed by atoms with E-state index < -0.39 is 0 Å². The topological polar surface area (TPSA) is 68.9 Å². The number of aromatic nitrogens is 3. The summed E-state index contributed by atoms with van der Waals surface area (Å²) < 4.78 is 3.37. The number of hydrogen-bond donors (Lipinski definition) is 1. The molecule has 0 saturated heterocycles. The van der Waals surface area contributed by atoms with Crippen LogP contribution in [-0.2, 0) is 24.4 Å². The molecule has 24 heavy (non-hydrogen) atoms. The molecule has 0 aliphatic heterocycles. The maximum atomic E-state index is 11.9. The van der Waals surface area contributed by atoms with Crippen LogP contribution in [-0.4, -0.2) is 20.0 Å². The van der Waals surface area contributed by atoms with Gasteiger partial charge in [-0.15, -0.1) is 0 Å². The Balaban J connectivity index is 1.52. The van der Waals surface area contributed by atoms with E-state index in [0.29, 0.717) is 6.54 Å². The summed E-state index contributed by atoms with van der Waals surface area (Å²) in [4.78, 5) is 27.5. The Hall–Kier alpha value is -3.15. The van der Waals surface area contributed by atoms with Gasteiger partial charge in [0.2, 0.25) is 5.91 Å². The lowest BCUT2D eigenvalue weighted by Crippen LogP contribution is -2.31. The first kappa shape index (κ1) is 15.7. The van der Waals surface area contributed by atoms with Crippen LogP contribution in [0.4, 0.5) is 0 Å². The fourth-order valence-corrected chi connectivity index (χ4v) is 2.36. The summed E-state index contributed by atoms with van der Waals surface area (Å²) >= 11 is 0. The third-order valence-electron chi connectivity index (χ3n) is 3.65. The van der Waals surface area contributed by atoms with Crippen molar-refractivity contribution in [1.29, 1.82) is 0 Å². The Bertz CT molecular complexity index is 851. The van der Waals surface area contributed by atoms with Crippen molar-refractivity contribution in [2.75, 3.05) is 0 Å². The fourth-order valence-electron chi connectivity index (χ4n) is 2.36. The van der Waals surface area contributed by atoms with Gasteiger partial charge < -0.3 is 14.5 Å². The molecule has 3 rings (SSSR count). The van der Waals surface area contributed by atoms with Crippen molar-refractivity contribution < 1.29 is 4.79 Å². The second-order valence-electron chi connectivity index (χ2n) is 5.50. The van der Waals surface area contributed by atoms with Gasteiger partial charge in [-0.3, -0.25) is 9.59 Å². The molecular weight excluding hydrogens is 304 g/mol. The minimum Gasteiger partial charge on any atom is -0.350 e. The smallest absolute Gasteiger partial charge is 0.250 e. The van der Waals surface area contributed by atoms with Crippen LogP contribution in [0, 0.1) is 0 Å². The molecule has 0 spiro atoms. The van der Waals surface area contributed by atoms with Crippen molar-refractivity contribution in [1.82, 2.24) is 19.4 Å². The van der Waals surface area contributed by atoms with Gasteiger partial charge in [0, 0.05) is 37.7 Å². The Kier molecular flexibility index (Phi) is 4.86. The predicted octanol–water partition coefficient (Wildman–Crippen LogP) is 1.41. The minimum atomic E-state index is -0.189. The maximum Gasteiger partial charge on any atom is 0.250 e. The van der Waals surface area contributed by atoms with Crippen LogP contribution in [0.2, 0.25) is 0 Å². The number of carbonyl (C=O) groups excluding carboxylic acids is 1. The first-order valence-corrected chi connectivity index (χ1v) is 7.66. The van der Waals surface area contributed by atoms with Gasteiger partial charge in [0.05, 0.1) is 6.33 Å². The van der Waals surface area contributed by atoms with Crippen LogP contribution >= 0.6 is 0 Å². The summed E-state index contributed by atoms with van der Waals surface area (Å²) in [6.45, 7) is 1.23. The Morgan fingerprint density at radius 3 is 2.54 bits per heavy atom. The molecule has 2 heterocycles. The summed E-state index contributed by atoms with van der Waals surface area (Å²) in [5.74, 6) is -0.189. The molecule has 6 heteroatoms. The molecule has 0 radical (unpaired) electrons. The molecule has 6 nitrogen and oxygen atoms in total. The second-order valence-corrected chi connectivity index (χ2v) is 5.50. The van der Waals surface area contributed by atoms with Crippen LogP contribution in [0.15, 0.2) is 72.2 Å². The number of benzene rings is 1. The van der Waals surface area contributed by atoms with Crippen LogP contribution in [0.1, 0.15) is 11.1 Å². The molecule has 1 aromatic carbocycles. The monoisotopic (exact) mass is 322 g/mol. The van der Waals surface area contributed by atoms with Crippen LogP contribution in [0.3, 0.4) is 0 Å². The molecule has 1 amide bonds. The highest BCUT2D eigenvalue weighted by Gasteiger charge is 2.04. The van der Waals surface area contributed by atoms with Crippen molar-refractivity contribution in [3.8, 4) is 0 Å². The van der Waals surface area contributed by atoms with Crippen molar-refractivity contribution in [3.05, 3.63) is 88.9 Å². The van der Waals surface area contributed by atoms with Crippen molar-refractivity contribution >= 4 is 5.91 Å². The van der Waals surface area contributed by atoms with E-state index in [0.717, 1.165) is 12.1 Å². The van der Waals surface area contributed by atoms with Gasteiger partial charge in [-0.2, -0.15) is 0 Å². The van der Waals surface area contributed by atoms with Crippen molar-refractivity contribution in [3.63, 3.8) is 0 Å². The molecule has 0 aliphatic carbocycles. The number of amides is 1. The third kappa shape index (κ3) is 4.19. The number of carbonyl (C=O) groups is 1. The number of rotatable bonds is 6. The Labute approximate surface area is 139 Å². The van der Waals surface area contributed by atoms with Crippen molar-refractivity contribution in [2.24, 2.45) is 0 Å². The van der Waals surface area contributed by atoms with Crippen LogP contribution < -0.4 is 10.9 Å². The normalized spacial score (nSPS) is 10.5. The van der Waals surface area contributed by atoms with Gasteiger partial charge in [0.25, 0.3) is 5.56 Å². The molecule has 0 atom stereocenters. The van der Waals surface area contributed by atoms with Gasteiger partial charge in [0.1, 0.15) is 6.54 Å². The number of pyridine rings is 1. The zero-order valence-corrected chi connectivity index (χ0v) is 13.1. The van der Waals surface area contributed by atoms with Gasteiger partial charge >= 0.3 is 0 Å². The third-order valence-corrected chi connectivity index (χ3v) is 3.65. The van der Waals surface area contributed by atoms with E-state index in [1.54, 1.807) is 30.9 Å². The molecule has 0 unspecified atom stereocenters. The van der Waals surface area contributed by atoms with E-state index in [-0.39, 0.29) is 18.0 Å². The molecule has 1 N–H and O–H groups in total. The number of hydrogen-bond acceptors (Lipinski definition) is 3. The SMILES string of the molecule is O=C(Cn1ccccc1=O)NCc1ccc(Cn2ccnc2)cc1. The molecule has 0 bridgehead atoms. The summed E-state index contributed by atoms with van der Waals surface area (Å²) in [7, 11) is 0. The van der Waals surface area contributed by atoms with Gasteiger partial charge in [-0.1, -0.05) is 30.3 Å². The highest BCUT2D eigenvalue weighted by Crippen LogP contribution is 2.06. The van der Waals surface area contributed by atoms with E-state index in [9.17, 15) is 9.59 Å². The zero-order valence-electron chi connectivity index (χ0n) is 13.1. The molecule has 122 valence electrons. The number of imidazole rings is 1. The average molecular weight is 322 g/mol. The lowest BCUT2D eigenvalue weighted by Gasteiger charge is -2.08. The Morgan fingerprint density at radius 2 is 1.83 bits per heavy atom. The summed E-state index contributed by atoms with van der Waals surface area (Å²) in [6, 6.07) is 12.9. The predicted molar refractivity (Wildman–Crippen MR) is 90.3 cm³/mol. The number of nitrogens with one attached hydrogen (secondary N) is 1. The maximum absolute atomic E-state index is 11.9. The van der Waals surface area contributed by atoms with E-state index in [4.69, 9.17) is 0 Å². The summed E-state index contributed by atoms with van der Waals surface area (Å²) in [5.41, 5.74) is 1.99. The highest BCUT2D eigenvalue weighted by atomic mass is 16.2. The number of nitrogens with zero attached hydrogens (tertiary/aromatic N) is 3. The van der Waals surface area contributed by atoms with Crippen LogP contribution in [0.5, 0.6) is 0 Å². The second kappa shape index (κ2) is 7.41. The fraction of sp³-hybridized carbons (Fsp3) is 0.167. The zero-order chi connectivity index (χ0) is 16.8. The van der Waals surface area contributed by atoms with Gasteiger partial charge in [0.15, 0.2) is 0 Å². The molecule has 0 saturated carbocycles. The van der Waals surface area contributed by atoms with E-state index in [1.807, 2.05) is 35.0 Å². The summed E-state index contributed by atoms with van der Waals surface area (Å²) in [6.07, 6.45) is 7.05. The quantitative estimate of drug-likeness (QED) is 0.746. The van der Waals surface area contributed by atoms with E-state index >= 15 is 0 Å². The Morgan fingerprint density at radius 1 is 1.04 bits per heavy atom. The van der Waals surface area contributed by atoms with Crippen LogP contribution in [0.25, 0.3) is 0 Å². The lowest BCUT2D eigenvalue weighted by molar-refractivity contribution is -0.121. The standard InChI is InChI=1S/C18H18N4O2/c23-17(13-22-9-2-1-3-18(22)24)20-11-15-4-6-16(7-5-15)12-21-10-8-19-14-21/h1-10,14H,11-13H2,(H,20,23). The minimum absolute atomic E-state index is 0.0262. The molecular formula is C18H18N4O2. The molecule has 2 aromatic heterocycles. The van der Waals surface area contributed by atoms with Crippen molar-refractivity contribution in [2.45, 2.75) is 19.6 Å². The molecule has 0 fully saturated rings. The first-order chi connectivity index (χ1) is 11.7. The first-order valence-electron chi connectivity index (χ1n) is 7.66.